The fourth-order valence-electron chi connectivity index (χ4n) is 2.90. The number of aromatic nitrogens is 1. The summed E-state index contributed by atoms with van der Waals surface area (Å²) < 4.78 is 11.8. The van der Waals surface area contributed by atoms with Gasteiger partial charge in [-0.2, -0.15) is 0 Å². The summed E-state index contributed by atoms with van der Waals surface area (Å²) in [4.78, 5) is 19.5. The van der Waals surface area contributed by atoms with Crippen LogP contribution in [0.25, 0.3) is 10.2 Å². The third kappa shape index (κ3) is 3.31. The molecule has 1 amide bonds. The van der Waals surface area contributed by atoms with Crippen LogP contribution in [-0.4, -0.2) is 18.0 Å². The van der Waals surface area contributed by atoms with Crippen LogP contribution in [0.1, 0.15) is 21.7 Å². The molecule has 0 aliphatic heterocycles. The maximum atomic E-state index is 13.1. The molecule has 0 aliphatic rings. The van der Waals surface area contributed by atoms with E-state index in [2.05, 4.69) is 0 Å². The molecule has 0 saturated carbocycles. The van der Waals surface area contributed by atoms with Gasteiger partial charge in [0.05, 0.1) is 24.6 Å². The van der Waals surface area contributed by atoms with Crippen molar-refractivity contribution in [3.63, 3.8) is 0 Å². The summed E-state index contributed by atoms with van der Waals surface area (Å²) in [5.74, 6) is 0.761. The second-order valence-corrected chi connectivity index (χ2v) is 7.09. The van der Waals surface area contributed by atoms with Gasteiger partial charge in [-0.05, 0) is 36.2 Å². The normalized spacial score (nSPS) is 10.9. The predicted octanol–water partition coefficient (Wildman–Crippen LogP) is 5.05. The molecule has 4 rings (SSSR count). The number of aryl methyl sites for hydroxylation is 1. The van der Waals surface area contributed by atoms with Crippen molar-refractivity contribution in [1.82, 2.24) is 4.98 Å². The Morgan fingerprint density at radius 1 is 1.15 bits per heavy atom. The van der Waals surface area contributed by atoms with Gasteiger partial charge < -0.3 is 9.15 Å². The van der Waals surface area contributed by atoms with Gasteiger partial charge >= 0.3 is 0 Å². The number of rotatable bonds is 5. The number of hydrogen-bond acceptors (Lipinski definition) is 5. The average Bonchev–Trinajstić information content (AvgIpc) is 3.37. The average molecular weight is 378 g/mol. The minimum atomic E-state index is -0.223. The minimum absolute atomic E-state index is 0.223. The number of methoxy groups -OCH3 is 1. The van der Waals surface area contributed by atoms with E-state index < -0.39 is 0 Å². The van der Waals surface area contributed by atoms with Crippen molar-refractivity contribution in [1.29, 1.82) is 0 Å². The van der Waals surface area contributed by atoms with Gasteiger partial charge in [0.2, 0.25) is 0 Å². The maximum absolute atomic E-state index is 13.1. The number of furan rings is 1. The number of hydrogen-bond donors (Lipinski definition) is 0. The summed E-state index contributed by atoms with van der Waals surface area (Å²) in [6, 6.07) is 17.1. The summed E-state index contributed by atoms with van der Waals surface area (Å²) >= 11 is 1.48. The first-order valence-electron chi connectivity index (χ1n) is 8.51. The Hall–Kier alpha value is -3.12. The summed E-state index contributed by atoms with van der Waals surface area (Å²) in [6.07, 6.45) is 1.50. The van der Waals surface area contributed by atoms with E-state index >= 15 is 0 Å². The molecule has 27 heavy (non-hydrogen) atoms. The molecule has 5 nitrogen and oxygen atoms in total. The van der Waals surface area contributed by atoms with Crippen molar-refractivity contribution in [3.05, 3.63) is 77.7 Å². The lowest BCUT2D eigenvalue weighted by Crippen LogP contribution is -2.30. The molecule has 0 radical (unpaired) electrons. The van der Waals surface area contributed by atoms with Crippen LogP contribution < -0.4 is 9.64 Å². The highest BCUT2D eigenvalue weighted by molar-refractivity contribution is 7.22. The van der Waals surface area contributed by atoms with Gasteiger partial charge in [0.15, 0.2) is 10.9 Å². The van der Waals surface area contributed by atoms with Crippen molar-refractivity contribution in [2.24, 2.45) is 0 Å². The molecule has 0 saturated heterocycles. The van der Waals surface area contributed by atoms with E-state index in [9.17, 15) is 4.79 Å². The van der Waals surface area contributed by atoms with Crippen molar-refractivity contribution in [2.75, 3.05) is 12.0 Å². The van der Waals surface area contributed by atoms with Crippen LogP contribution in [-0.2, 0) is 6.54 Å². The number of nitrogens with zero attached hydrogens (tertiary/aromatic N) is 2. The van der Waals surface area contributed by atoms with Gasteiger partial charge in [0, 0.05) is 0 Å². The molecule has 6 heteroatoms. The lowest BCUT2D eigenvalue weighted by atomic mass is 10.2. The zero-order valence-corrected chi connectivity index (χ0v) is 15.8. The second kappa shape index (κ2) is 7.25. The molecule has 2 heterocycles. The quantitative estimate of drug-likeness (QED) is 0.487. The van der Waals surface area contributed by atoms with Crippen molar-refractivity contribution in [3.8, 4) is 5.75 Å². The highest BCUT2D eigenvalue weighted by Crippen LogP contribution is 2.37. The van der Waals surface area contributed by atoms with Crippen LogP contribution in [0.3, 0.4) is 0 Å². The van der Waals surface area contributed by atoms with E-state index in [0.29, 0.717) is 17.4 Å². The van der Waals surface area contributed by atoms with Crippen LogP contribution in [0.4, 0.5) is 5.13 Å². The zero-order chi connectivity index (χ0) is 18.8. The molecule has 2 aromatic carbocycles. The monoisotopic (exact) mass is 378 g/mol. The van der Waals surface area contributed by atoms with Gasteiger partial charge in [0.25, 0.3) is 5.91 Å². The van der Waals surface area contributed by atoms with E-state index in [1.807, 2.05) is 49.4 Å². The third-order valence-corrected chi connectivity index (χ3v) is 5.52. The first-order valence-corrected chi connectivity index (χ1v) is 9.32. The molecule has 0 unspecified atom stereocenters. The number of amides is 1. The van der Waals surface area contributed by atoms with Crippen LogP contribution >= 0.6 is 11.3 Å². The van der Waals surface area contributed by atoms with Gasteiger partial charge in [-0.3, -0.25) is 9.69 Å². The van der Waals surface area contributed by atoms with Gasteiger partial charge in [-0.15, -0.1) is 0 Å². The van der Waals surface area contributed by atoms with E-state index in [1.54, 1.807) is 24.1 Å². The first-order chi connectivity index (χ1) is 13.2. The largest absolute Gasteiger partial charge is 0.494 e. The summed E-state index contributed by atoms with van der Waals surface area (Å²) in [6.45, 7) is 2.43. The maximum Gasteiger partial charge on any atom is 0.296 e. The molecule has 0 spiro atoms. The number of anilines is 1. The van der Waals surface area contributed by atoms with E-state index in [0.717, 1.165) is 21.3 Å². The fraction of sp³-hybridized carbons (Fsp3) is 0.143. The summed E-state index contributed by atoms with van der Waals surface area (Å²) in [7, 11) is 1.62. The predicted molar refractivity (Wildman–Crippen MR) is 107 cm³/mol. The van der Waals surface area contributed by atoms with Crippen molar-refractivity contribution in [2.45, 2.75) is 13.5 Å². The van der Waals surface area contributed by atoms with Crippen LogP contribution in [0.2, 0.25) is 0 Å². The Balaban J connectivity index is 1.81. The molecule has 0 aliphatic carbocycles. The number of thiazole rings is 1. The van der Waals surface area contributed by atoms with Crippen LogP contribution in [0.15, 0.2) is 65.3 Å². The van der Waals surface area contributed by atoms with E-state index in [1.165, 1.54) is 17.6 Å². The Morgan fingerprint density at radius 2 is 1.96 bits per heavy atom. The Bertz CT molecular complexity index is 1070. The number of ether oxygens (including phenoxy) is 1. The fourth-order valence-corrected chi connectivity index (χ4v) is 3.95. The second-order valence-electron chi connectivity index (χ2n) is 6.11. The molecular formula is C21H18N2O3S. The SMILES string of the molecule is COc1ccc(C)c2sc(N(Cc3ccccc3)C(=O)c3ccco3)nc12. The summed E-state index contributed by atoms with van der Waals surface area (Å²) in [5, 5.41) is 0.614. The van der Waals surface area contributed by atoms with E-state index in [-0.39, 0.29) is 11.7 Å². The Labute approximate surface area is 160 Å². The highest BCUT2D eigenvalue weighted by atomic mass is 32.1. The molecule has 0 fully saturated rings. The summed E-state index contributed by atoms with van der Waals surface area (Å²) in [5.41, 5.74) is 2.88. The number of fused-ring (bicyclic) bond motifs is 1. The standard InChI is InChI=1S/C21H18N2O3S/c1-14-10-11-16(25-2)18-19(14)27-21(22-18)23(13-15-7-4-3-5-8-15)20(24)17-9-6-12-26-17/h3-12H,13H2,1-2H3. The zero-order valence-electron chi connectivity index (χ0n) is 15.0. The number of carbonyl (C=O) groups excluding carboxylic acids is 1. The lowest BCUT2D eigenvalue weighted by Gasteiger charge is -2.18. The van der Waals surface area contributed by atoms with Crippen LogP contribution in [0, 0.1) is 6.92 Å². The molecule has 136 valence electrons. The minimum Gasteiger partial charge on any atom is -0.494 e. The number of carbonyl (C=O) groups is 1. The van der Waals surface area contributed by atoms with Gasteiger partial charge in [0.1, 0.15) is 11.3 Å². The first kappa shape index (κ1) is 17.3. The lowest BCUT2D eigenvalue weighted by molar-refractivity contribution is 0.0958. The topological polar surface area (TPSA) is 55.6 Å². The molecule has 2 aromatic heterocycles. The molecule has 4 aromatic rings. The molecular weight excluding hydrogens is 360 g/mol. The Kier molecular flexibility index (Phi) is 4.64. The van der Waals surface area contributed by atoms with Gasteiger partial charge in [-0.25, -0.2) is 4.98 Å². The smallest absolute Gasteiger partial charge is 0.296 e. The third-order valence-electron chi connectivity index (χ3n) is 4.30. The Morgan fingerprint density at radius 3 is 2.67 bits per heavy atom. The number of benzene rings is 2. The van der Waals surface area contributed by atoms with Crippen LogP contribution in [0.5, 0.6) is 5.75 Å². The van der Waals surface area contributed by atoms with Gasteiger partial charge in [-0.1, -0.05) is 47.7 Å². The molecule has 0 N–H and O–H groups in total. The highest BCUT2D eigenvalue weighted by Gasteiger charge is 2.24. The van der Waals surface area contributed by atoms with E-state index in [4.69, 9.17) is 14.1 Å². The van der Waals surface area contributed by atoms with Crippen molar-refractivity contribution < 1.29 is 13.9 Å². The molecule has 0 bridgehead atoms. The van der Waals surface area contributed by atoms with Crippen molar-refractivity contribution >= 4 is 32.6 Å². The molecule has 0 atom stereocenters.